The van der Waals surface area contributed by atoms with Crippen LogP contribution in [0, 0.1) is 6.92 Å². The molecule has 0 aliphatic heterocycles. The van der Waals surface area contributed by atoms with E-state index in [1.165, 1.54) is 36.5 Å². The van der Waals surface area contributed by atoms with Gasteiger partial charge in [0.25, 0.3) is 11.8 Å². The molecule has 0 saturated heterocycles. The summed E-state index contributed by atoms with van der Waals surface area (Å²) < 4.78 is 57.8. The number of benzene rings is 3. The van der Waals surface area contributed by atoms with Crippen LogP contribution < -0.4 is 10.1 Å². The van der Waals surface area contributed by atoms with Crippen LogP contribution in [0.25, 0.3) is 22.5 Å². The second kappa shape index (κ2) is 10.2. The van der Waals surface area contributed by atoms with Gasteiger partial charge in [-0.2, -0.15) is 8.78 Å². The predicted octanol–water partition coefficient (Wildman–Crippen LogP) is 7.08. The molecule has 0 spiro atoms. The smallest absolute Gasteiger partial charge is 0.387 e. The van der Waals surface area contributed by atoms with Crippen molar-refractivity contribution in [3.8, 4) is 28.3 Å². The molecular formula is C27H21F4N3O2. The zero-order valence-electron chi connectivity index (χ0n) is 19.3. The standard InChI is InChI=1S/C27H21F4N3O2/c1-16-22(25(35)34-20-10-6-9-19(14-20)27(2,30)31)15-32-24(33-16)18-11-12-23(36-26(28)29)21(13-18)17-7-4-3-5-8-17/h3-15,26H,1-2H3,(H,34,35). The van der Waals surface area contributed by atoms with E-state index in [0.717, 1.165) is 6.92 Å². The number of aryl methyl sites for hydroxylation is 1. The van der Waals surface area contributed by atoms with Crippen molar-refractivity contribution in [2.45, 2.75) is 26.4 Å². The van der Waals surface area contributed by atoms with Crippen LogP contribution in [0.4, 0.5) is 23.2 Å². The molecule has 0 aliphatic rings. The highest BCUT2D eigenvalue weighted by Crippen LogP contribution is 2.34. The lowest BCUT2D eigenvalue weighted by atomic mass is 10.0. The number of hydrogen-bond donors (Lipinski definition) is 1. The molecule has 1 amide bonds. The molecule has 0 bridgehead atoms. The lowest BCUT2D eigenvalue weighted by molar-refractivity contribution is -0.0494. The highest BCUT2D eigenvalue weighted by atomic mass is 19.3. The highest BCUT2D eigenvalue weighted by molar-refractivity contribution is 6.04. The normalized spacial score (nSPS) is 11.4. The van der Waals surface area contributed by atoms with E-state index in [-0.39, 0.29) is 28.4 Å². The number of carbonyl (C=O) groups is 1. The van der Waals surface area contributed by atoms with Gasteiger partial charge in [0.05, 0.1) is 11.3 Å². The Bertz CT molecular complexity index is 1390. The van der Waals surface area contributed by atoms with Gasteiger partial charge in [0.1, 0.15) is 5.75 Å². The van der Waals surface area contributed by atoms with Crippen molar-refractivity contribution < 1.29 is 27.1 Å². The summed E-state index contributed by atoms with van der Waals surface area (Å²) in [4.78, 5) is 21.4. The topological polar surface area (TPSA) is 64.1 Å². The summed E-state index contributed by atoms with van der Waals surface area (Å²) in [6.45, 7) is -0.595. The summed E-state index contributed by atoms with van der Waals surface area (Å²) in [7, 11) is 0. The first kappa shape index (κ1) is 24.8. The quantitative estimate of drug-likeness (QED) is 0.278. The van der Waals surface area contributed by atoms with Crippen molar-refractivity contribution in [2.24, 2.45) is 0 Å². The van der Waals surface area contributed by atoms with E-state index in [2.05, 4.69) is 20.0 Å². The fourth-order valence-corrected chi connectivity index (χ4v) is 3.61. The fraction of sp³-hybridized carbons (Fsp3) is 0.148. The van der Waals surface area contributed by atoms with Gasteiger partial charge in [0.2, 0.25) is 0 Å². The average molecular weight is 495 g/mol. The van der Waals surface area contributed by atoms with Crippen molar-refractivity contribution in [1.82, 2.24) is 9.97 Å². The summed E-state index contributed by atoms with van der Waals surface area (Å²) in [6, 6.07) is 18.9. The minimum Gasteiger partial charge on any atom is -0.434 e. The van der Waals surface area contributed by atoms with Gasteiger partial charge >= 0.3 is 6.61 Å². The Hall–Kier alpha value is -4.27. The molecule has 1 aromatic heterocycles. The Labute approximate surface area is 204 Å². The second-order valence-corrected chi connectivity index (χ2v) is 8.07. The van der Waals surface area contributed by atoms with Crippen molar-refractivity contribution in [3.05, 3.63) is 95.8 Å². The maximum absolute atomic E-state index is 13.6. The molecule has 0 atom stereocenters. The molecule has 36 heavy (non-hydrogen) atoms. The zero-order valence-corrected chi connectivity index (χ0v) is 19.3. The molecule has 1 heterocycles. The van der Waals surface area contributed by atoms with Gasteiger partial charge in [-0.05, 0) is 42.8 Å². The number of halogens is 4. The minimum absolute atomic E-state index is 0.00700. The van der Waals surface area contributed by atoms with Gasteiger partial charge in [0, 0.05) is 35.5 Å². The molecule has 5 nitrogen and oxygen atoms in total. The van der Waals surface area contributed by atoms with Crippen molar-refractivity contribution in [3.63, 3.8) is 0 Å². The zero-order chi connectivity index (χ0) is 25.9. The molecular weight excluding hydrogens is 474 g/mol. The number of anilines is 1. The first-order valence-electron chi connectivity index (χ1n) is 10.9. The lowest BCUT2D eigenvalue weighted by Crippen LogP contribution is -2.16. The van der Waals surface area contributed by atoms with Crippen LogP contribution in [0.5, 0.6) is 5.75 Å². The van der Waals surface area contributed by atoms with E-state index in [1.807, 2.05) is 0 Å². The lowest BCUT2D eigenvalue weighted by Gasteiger charge is -2.14. The van der Waals surface area contributed by atoms with Crippen LogP contribution in [-0.2, 0) is 5.92 Å². The van der Waals surface area contributed by atoms with Crippen LogP contribution in [-0.4, -0.2) is 22.5 Å². The van der Waals surface area contributed by atoms with Crippen molar-refractivity contribution >= 4 is 11.6 Å². The number of aromatic nitrogens is 2. The van der Waals surface area contributed by atoms with Gasteiger partial charge in [-0.15, -0.1) is 0 Å². The first-order valence-corrected chi connectivity index (χ1v) is 10.9. The van der Waals surface area contributed by atoms with E-state index in [9.17, 15) is 22.4 Å². The molecule has 3 aromatic carbocycles. The third kappa shape index (κ3) is 5.68. The van der Waals surface area contributed by atoms with E-state index >= 15 is 0 Å². The number of alkyl halides is 4. The summed E-state index contributed by atoms with van der Waals surface area (Å²) >= 11 is 0. The van der Waals surface area contributed by atoms with Crippen molar-refractivity contribution in [2.75, 3.05) is 5.32 Å². The molecule has 0 saturated carbocycles. The second-order valence-electron chi connectivity index (χ2n) is 8.07. The molecule has 184 valence electrons. The largest absolute Gasteiger partial charge is 0.434 e. The Kier molecular flexibility index (Phi) is 7.00. The van der Waals surface area contributed by atoms with Crippen LogP contribution in [0.2, 0.25) is 0 Å². The summed E-state index contributed by atoms with van der Waals surface area (Å²) in [5.41, 5.74) is 2.13. The molecule has 0 radical (unpaired) electrons. The van der Waals surface area contributed by atoms with Gasteiger partial charge in [-0.25, -0.2) is 18.7 Å². The number of rotatable bonds is 7. The fourth-order valence-electron chi connectivity index (χ4n) is 3.61. The van der Waals surface area contributed by atoms with E-state index < -0.39 is 18.4 Å². The monoisotopic (exact) mass is 495 g/mol. The van der Waals surface area contributed by atoms with Crippen LogP contribution >= 0.6 is 0 Å². The van der Waals surface area contributed by atoms with Gasteiger partial charge in [-0.1, -0.05) is 42.5 Å². The van der Waals surface area contributed by atoms with Gasteiger partial charge < -0.3 is 10.1 Å². The van der Waals surface area contributed by atoms with Crippen LogP contribution in [0.3, 0.4) is 0 Å². The molecule has 9 heteroatoms. The van der Waals surface area contributed by atoms with Crippen LogP contribution in [0.15, 0.2) is 79.0 Å². The third-order valence-corrected chi connectivity index (χ3v) is 5.39. The SMILES string of the molecule is Cc1nc(-c2ccc(OC(F)F)c(-c3ccccc3)c2)ncc1C(=O)Nc1cccc(C(C)(F)F)c1. The number of hydrogen-bond acceptors (Lipinski definition) is 4. The van der Waals surface area contributed by atoms with Crippen LogP contribution in [0.1, 0.15) is 28.5 Å². The molecule has 1 N–H and O–H groups in total. The number of carbonyl (C=O) groups excluding carboxylic acids is 1. The van der Waals surface area contributed by atoms with E-state index in [0.29, 0.717) is 22.4 Å². The van der Waals surface area contributed by atoms with E-state index in [1.54, 1.807) is 49.4 Å². The number of nitrogens with zero attached hydrogens (tertiary/aromatic N) is 2. The first-order chi connectivity index (χ1) is 17.1. The summed E-state index contributed by atoms with van der Waals surface area (Å²) in [5.74, 6) is -3.32. The maximum atomic E-state index is 13.6. The Morgan fingerprint density at radius 3 is 2.39 bits per heavy atom. The number of ether oxygens (including phenoxy) is 1. The maximum Gasteiger partial charge on any atom is 0.387 e. The molecule has 4 rings (SSSR count). The summed E-state index contributed by atoms with van der Waals surface area (Å²) in [6.07, 6.45) is 1.33. The Morgan fingerprint density at radius 2 is 1.72 bits per heavy atom. The van der Waals surface area contributed by atoms with Gasteiger partial charge in [-0.3, -0.25) is 4.79 Å². The third-order valence-electron chi connectivity index (χ3n) is 5.39. The minimum atomic E-state index is -3.05. The summed E-state index contributed by atoms with van der Waals surface area (Å²) in [5, 5.41) is 2.59. The Balaban J connectivity index is 1.62. The highest BCUT2D eigenvalue weighted by Gasteiger charge is 2.24. The van der Waals surface area contributed by atoms with E-state index in [4.69, 9.17) is 0 Å². The predicted molar refractivity (Wildman–Crippen MR) is 128 cm³/mol. The molecule has 4 aromatic rings. The molecule has 0 unspecified atom stereocenters. The molecule has 0 aliphatic carbocycles. The van der Waals surface area contributed by atoms with Gasteiger partial charge in [0.15, 0.2) is 5.82 Å². The van der Waals surface area contributed by atoms with Crippen molar-refractivity contribution in [1.29, 1.82) is 0 Å². The number of amides is 1. The average Bonchev–Trinajstić information content (AvgIpc) is 2.84. The number of nitrogens with one attached hydrogen (secondary N) is 1. The molecule has 0 fully saturated rings. The Morgan fingerprint density at radius 1 is 0.972 bits per heavy atom.